The van der Waals surface area contributed by atoms with E-state index in [1.807, 2.05) is 0 Å². The van der Waals surface area contributed by atoms with Crippen LogP contribution in [0.15, 0.2) is 45.0 Å². The molecule has 0 aliphatic carbocycles. The van der Waals surface area contributed by atoms with Gasteiger partial charge in [0.25, 0.3) is 0 Å². The van der Waals surface area contributed by atoms with Crippen molar-refractivity contribution in [2.24, 2.45) is 5.10 Å². The molecule has 0 unspecified atom stereocenters. The number of hydrogen-bond acceptors (Lipinski definition) is 7. The van der Waals surface area contributed by atoms with Crippen LogP contribution in [0.4, 0.5) is 0 Å². The Hall–Kier alpha value is -4.21. The SMILES string of the molecule is COc1ccc(/C=N\n2c(=O)[nH]c3c([nH]c4cc(OC)c(OC)cc43)c2=O)c(OC)c1. The fraction of sp³-hybridized carbons (Fsp3) is 0.190. The molecule has 0 saturated heterocycles. The number of benzene rings is 2. The van der Waals surface area contributed by atoms with Crippen molar-refractivity contribution in [2.45, 2.75) is 0 Å². The van der Waals surface area contributed by atoms with E-state index in [1.54, 1.807) is 37.4 Å². The molecule has 31 heavy (non-hydrogen) atoms. The van der Waals surface area contributed by atoms with Gasteiger partial charge in [0.2, 0.25) is 0 Å². The van der Waals surface area contributed by atoms with Gasteiger partial charge in [0.05, 0.1) is 45.7 Å². The van der Waals surface area contributed by atoms with Crippen LogP contribution < -0.4 is 30.2 Å². The first-order chi connectivity index (χ1) is 15.0. The lowest BCUT2D eigenvalue weighted by Crippen LogP contribution is -2.32. The van der Waals surface area contributed by atoms with E-state index in [9.17, 15) is 9.59 Å². The molecule has 0 aliphatic heterocycles. The maximum absolute atomic E-state index is 13.0. The van der Waals surface area contributed by atoms with E-state index in [0.29, 0.717) is 45.0 Å². The van der Waals surface area contributed by atoms with Crippen molar-refractivity contribution in [3.63, 3.8) is 0 Å². The summed E-state index contributed by atoms with van der Waals surface area (Å²) in [4.78, 5) is 31.3. The number of rotatable bonds is 6. The van der Waals surface area contributed by atoms with Crippen molar-refractivity contribution in [2.75, 3.05) is 28.4 Å². The third-order valence-corrected chi connectivity index (χ3v) is 4.89. The summed E-state index contributed by atoms with van der Waals surface area (Å²) in [6.07, 6.45) is 1.37. The Labute approximate surface area is 175 Å². The maximum Gasteiger partial charge on any atom is 0.350 e. The summed E-state index contributed by atoms with van der Waals surface area (Å²) in [5, 5.41) is 4.69. The van der Waals surface area contributed by atoms with Crippen LogP contribution in [0.3, 0.4) is 0 Å². The van der Waals surface area contributed by atoms with Gasteiger partial charge in [-0.15, -0.1) is 4.68 Å². The zero-order valence-electron chi connectivity index (χ0n) is 17.3. The van der Waals surface area contributed by atoms with Gasteiger partial charge in [-0.25, -0.2) is 4.79 Å². The smallest absolute Gasteiger partial charge is 0.350 e. The van der Waals surface area contributed by atoms with Crippen LogP contribution >= 0.6 is 0 Å². The average Bonchev–Trinajstić information content (AvgIpc) is 3.15. The van der Waals surface area contributed by atoms with Crippen molar-refractivity contribution in [1.29, 1.82) is 0 Å². The normalized spacial score (nSPS) is 11.4. The fourth-order valence-electron chi connectivity index (χ4n) is 3.32. The standard InChI is InChI=1S/C21H20N4O6/c1-28-12-6-5-11(15(7-12)29-2)10-22-25-20(26)19-18(24-21(25)27)13-8-16(30-3)17(31-4)9-14(13)23-19/h5-10,23H,1-4H3,(H,24,27)/b22-10-. The summed E-state index contributed by atoms with van der Waals surface area (Å²) >= 11 is 0. The lowest BCUT2D eigenvalue weighted by Gasteiger charge is -2.07. The molecule has 4 aromatic rings. The van der Waals surface area contributed by atoms with Crippen LogP contribution in [-0.2, 0) is 0 Å². The van der Waals surface area contributed by atoms with Crippen molar-refractivity contribution in [3.05, 3.63) is 56.7 Å². The predicted molar refractivity (Wildman–Crippen MR) is 116 cm³/mol. The van der Waals surface area contributed by atoms with Gasteiger partial charge in [-0.3, -0.25) is 4.79 Å². The number of hydrogen-bond donors (Lipinski definition) is 2. The van der Waals surface area contributed by atoms with E-state index in [1.165, 1.54) is 27.5 Å². The summed E-state index contributed by atoms with van der Waals surface area (Å²) in [6.45, 7) is 0. The van der Waals surface area contributed by atoms with Crippen LogP contribution in [0.5, 0.6) is 23.0 Å². The van der Waals surface area contributed by atoms with E-state index < -0.39 is 11.2 Å². The summed E-state index contributed by atoms with van der Waals surface area (Å²) in [5.41, 5.74) is 0.455. The third kappa shape index (κ3) is 3.37. The van der Waals surface area contributed by atoms with Crippen LogP contribution in [0, 0.1) is 0 Å². The van der Waals surface area contributed by atoms with Crippen molar-refractivity contribution in [1.82, 2.24) is 14.6 Å². The van der Waals surface area contributed by atoms with Crippen molar-refractivity contribution < 1.29 is 18.9 Å². The van der Waals surface area contributed by atoms with Crippen LogP contribution in [-0.4, -0.2) is 49.3 Å². The molecular weight excluding hydrogens is 404 g/mol. The highest BCUT2D eigenvalue weighted by Crippen LogP contribution is 2.34. The Morgan fingerprint density at radius 3 is 2.23 bits per heavy atom. The highest BCUT2D eigenvalue weighted by Gasteiger charge is 2.16. The molecule has 2 N–H and O–H groups in total. The first-order valence-corrected chi connectivity index (χ1v) is 9.19. The molecule has 0 amide bonds. The summed E-state index contributed by atoms with van der Waals surface area (Å²) in [5.74, 6) is 2.06. The van der Waals surface area contributed by atoms with E-state index in [2.05, 4.69) is 15.1 Å². The number of aromatic nitrogens is 3. The molecule has 10 heteroatoms. The van der Waals surface area contributed by atoms with Gasteiger partial charge >= 0.3 is 11.2 Å². The zero-order chi connectivity index (χ0) is 22.1. The molecule has 2 heterocycles. The lowest BCUT2D eigenvalue weighted by molar-refractivity contribution is 0.356. The van der Waals surface area contributed by atoms with Gasteiger partial charge in [-0.05, 0) is 18.2 Å². The Balaban J connectivity index is 1.86. The van der Waals surface area contributed by atoms with Gasteiger partial charge in [0.1, 0.15) is 17.0 Å². The number of methoxy groups -OCH3 is 4. The van der Waals surface area contributed by atoms with Crippen molar-refractivity contribution >= 4 is 28.2 Å². The summed E-state index contributed by atoms with van der Waals surface area (Å²) in [6, 6.07) is 8.49. The highest BCUT2D eigenvalue weighted by molar-refractivity contribution is 6.05. The maximum atomic E-state index is 13.0. The minimum Gasteiger partial charge on any atom is -0.497 e. The van der Waals surface area contributed by atoms with Gasteiger partial charge in [0.15, 0.2) is 11.5 Å². The summed E-state index contributed by atoms with van der Waals surface area (Å²) in [7, 11) is 6.08. The number of nitrogens with zero attached hydrogens (tertiary/aromatic N) is 2. The molecule has 0 fully saturated rings. The van der Waals surface area contributed by atoms with Crippen LogP contribution in [0.2, 0.25) is 0 Å². The molecular formula is C21H20N4O6. The molecule has 160 valence electrons. The van der Waals surface area contributed by atoms with Gasteiger partial charge in [-0.1, -0.05) is 0 Å². The molecule has 10 nitrogen and oxygen atoms in total. The second-order valence-corrected chi connectivity index (χ2v) is 6.53. The second-order valence-electron chi connectivity index (χ2n) is 6.53. The van der Waals surface area contributed by atoms with E-state index >= 15 is 0 Å². The largest absolute Gasteiger partial charge is 0.497 e. The van der Waals surface area contributed by atoms with E-state index in [-0.39, 0.29) is 5.52 Å². The highest BCUT2D eigenvalue weighted by atomic mass is 16.5. The first-order valence-electron chi connectivity index (χ1n) is 9.19. The molecule has 0 bridgehead atoms. The molecule has 2 aromatic carbocycles. The Morgan fingerprint density at radius 1 is 0.839 bits per heavy atom. The Morgan fingerprint density at radius 2 is 1.55 bits per heavy atom. The Kier molecular flexibility index (Phi) is 5.12. The molecule has 4 rings (SSSR count). The molecule has 0 aliphatic rings. The molecule has 0 radical (unpaired) electrons. The predicted octanol–water partition coefficient (Wildman–Crippen LogP) is 2.09. The van der Waals surface area contributed by atoms with Crippen LogP contribution in [0.1, 0.15) is 5.56 Å². The minimum atomic E-state index is -0.683. The number of ether oxygens (including phenoxy) is 4. The average molecular weight is 424 g/mol. The lowest BCUT2D eigenvalue weighted by atomic mass is 10.2. The topological polar surface area (TPSA) is 120 Å². The molecule has 0 saturated carbocycles. The quantitative estimate of drug-likeness (QED) is 0.458. The van der Waals surface area contributed by atoms with Gasteiger partial charge in [0, 0.05) is 23.1 Å². The van der Waals surface area contributed by atoms with E-state index in [0.717, 1.165) is 4.68 Å². The zero-order valence-corrected chi connectivity index (χ0v) is 17.3. The third-order valence-electron chi connectivity index (χ3n) is 4.89. The van der Waals surface area contributed by atoms with Crippen molar-refractivity contribution in [3.8, 4) is 23.0 Å². The monoisotopic (exact) mass is 424 g/mol. The van der Waals surface area contributed by atoms with E-state index in [4.69, 9.17) is 18.9 Å². The number of aromatic amines is 2. The first kappa shape index (κ1) is 20.1. The molecule has 0 atom stereocenters. The van der Waals surface area contributed by atoms with Crippen LogP contribution in [0.25, 0.3) is 21.9 Å². The van der Waals surface area contributed by atoms with Gasteiger partial charge < -0.3 is 28.9 Å². The van der Waals surface area contributed by atoms with Gasteiger partial charge in [-0.2, -0.15) is 5.10 Å². The minimum absolute atomic E-state index is 0.198. The fourth-order valence-corrected chi connectivity index (χ4v) is 3.32. The molecule has 0 spiro atoms. The summed E-state index contributed by atoms with van der Waals surface area (Å²) < 4.78 is 21.8. The number of fused-ring (bicyclic) bond motifs is 3. The molecule has 2 aromatic heterocycles. The number of nitrogens with one attached hydrogen (secondary N) is 2. The number of H-pyrrole nitrogens is 2. The second kappa shape index (κ2) is 7.90. The Bertz CT molecular complexity index is 1430.